The molecular formula is C17H13FO2. The van der Waals surface area contributed by atoms with Gasteiger partial charge in [0.05, 0.1) is 5.92 Å². The molecular weight excluding hydrogens is 255 g/mol. The summed E-state index contributed by atoms with van der Waals surface area (Å²) >= 11 is 0. The number of hydrogen-bond acceptors (Lipinski definition) is 1. The SMILES string of the molecule is CC(C(=O)O)c1cccc2c1ccc1ccc(F)cc12. The molecule has 1 unspecified atom stereocenters. The molecule has 2 nitrogen and oxygen atoms in total. The Bertz CT molecular complexity index is 824. The van der Waals surface area contributed by atoms with E-state index in [-0.39, 0.29) is 5.82 Å². The maximum Gasteiger partial charge on any atom is 0.310 e. The van der Waals surface area contributed by atoms with Gasteiger partial charge in [-0.25, -0.2) is 4.39 Å². The Balaban J connectivity index is 2.39. The van der Waals surface area contributed by atoms with Crippen LogP contribution in [0.2, 0.25) is 0 Å². The molecule has 20 heavy (non-hydrogen) atoms. The molecule has 0 aliphatic carbocycles. The summed E-state index contributed by atoms with van der Waals surface area (Å²) in [5.41, 5.74) is 0.751. The Kier molecular flexibility index (Phi) is 2.90. The molecule has 0 fully saturated rings. The van der Waals surface area contributed by atoms with Crippen LogP contribution < -0.4 is 0 Å². The molecule has 0 saturated heterocycles. The highest BCUT2D eigenvalue weighted by Crippen LogP contribution is 2.31. The molecule has 3 aromatic rings. The fraction of sp³-hybridized carbons (Fsp3) is 0.118. The van der Waals surface area contributed by atoms with Gasteiger partial charge in [0.1, 0.15) is 5.82 Å². The smallest absolute Gasteiger partial charge is 0.310 e. The molecule has 0 aliphatic rings. The molecule has 0 aromatic heterocycles. The summed E-state index contributed by atoms with van der Waals surface area (Å²) in [5, 5.41) is 12.7. The Morgan fingerprint density at radius 3 is 2.55 bits per heavy atom. The molecule has 100 valence electrons. The molecule has 3 aromatic carbocycles. The van der Waals surface area contributed by atoms with E-state index in [0.29, 0.717) is 0 Å². The van der Waals surface area contributed by atoms with E-state index in [1.54, 1.807) is 13.0 Å². The average Bonchev–Trinajstić information content (AvgIpc) is 2.45. The normalized spacial score (nSPS) is 12.7. The predicted octanol–water partition coefficient (Wildman–Crippen LogP) is 4.32. The Morgan fingerprint density at radius 2 is 1.80 bits per heavy atom. The third-order valence-corrected chi connectivity index (χ3v) is 3.71. The van der Waals surface area contributed by atoms with Gasteiger partial charge in [0, 0.05) is 0 Å². The molecule has 3 rings (SSSR count). The number of rotatable bonds is 2. The molecule has 3 heteroatoms. The van der Waals surface area contributed by atoms with Crippen LogP contribution in [0.15, 0.2) is 48.5 Å². The minimum Gasteiger partial charge on any atom is -0.481 e. The standard InChI is InChI=1S/C17H13FO2/c1-10(17(19)20)13-3-2-4-14-15(13)8-6-11-5-7-12(18)9-16(11)14/h2-10H,1H3,(H,19,20). The van der Waals surface area contributed by atoms with Crippen molar-refractivity contribution >= 4 is 27.5 Å². The zero-order valence-corrected chi connectivity index (χ0v) is 10.9. The van der Waals surface area contributed by atoms with E-state index in [2.05, 4.69) is 0 Å². The highest BCUT2D eigenvalue weighted by atomic mass is 19.1. The number of fused-ring (bicyclic) bond motifs is 3. The molecule has 1 atom stereocenters. The predicted molar refractivity (Wildman–Crippen MR) is 77.5 cm³/mol. The fourth-order valence-electron chi connectivity index (χ4n) is 2.59. The first-order chi connectivity index (χ1) is 9.58. The van der Waals surface area contributed by atoms with E-state index >= 15 is 0 Å². The topological polar surface area (TPSA) is 37.3 Å². The average molecular weight is 268 g/mol. The highest BCUT2D eigenvalue weighted by Gasteiger charge is 2.16. The first kappa shape index (κ1) is 12.6. The number of halogens is 1. The van der Waals surface area contributed by atoms with Gasteiger partial charge in [-0.3, -0.25) is 4.79 Å². The van der Waals surface area contributed by atoms with Crippen molar-refractivity contribution in [2.45, 2.75) is 12.8 Å². The molecule has 0 aliphatic heterocycles. The van der Waals surface area contributed by atoms with Crippen LogP contribution in [-0.2, 0) is 4.79 Å². The van der Waals surface area contributed by atoms with E-state index in [9.17, 15) is 14.3 Å². The van der Waals surface area contributed by atoms with Crippen molar-refractivity contribution in [2.75, 3.05) is 0 Å². The van der Waals surface area contributed by atoms with Gasteiger partial charge in [-0.2, -0.15) is 0 Å². The second-order valence-electron chi connectivity index (χ2n) is 4.93. The maximum absolute atomic E-state index is 13.5. The summed E-state index contributed by atoms with van der Waals surface area (Å²) in [4.78, 5) is 11.2. The third-order valence-electron chi connectivity index (χ3n) is 3.71. The van der Waals surface area contributed by atoms with Gasteiger partial charge in [0.2, 0.25) is 0 Å². The van der Waals surface area contributed by atoms with Crippen molar-refractivity contribution in [3.63, 3.8) is 0 Å². The monoisotopic (exact) mass is 268 g/mol. The maximum atomic E-state index is 13.5. The molecule has 0 spiro atoms. The van der Waals surface area contributed by atoms with Crippen molar-refractivity contribution < 1.29 is 14.3 Å². The van der Waals surface area contributed by atoms with Crippen molar-refractivity contribution in [3.8, 4) is 0 Å². The third kappa shape index (κ3) is 1.92. The first-order valence-electron chi connectivity index (χ1n) is 6.41. The van der Waals surface area contributed by atoms with Crippen molar-refractivity contribution in [1.82, 2.24) is 0 Å². The number of benzene rings is 3. The van der Waals surface area contributed by atoms with Gasteiger partial charge < -0.3 is 5.11 Å². The quantitative estimate of drug-likeness (QED) is 0.703. The van der Waals surface area contributed by atoms with Crippen LogP contribution in [0.4, 0.5) is 4.39 Å². The zero-order valence-electron chi connectivity index (χ0n) is 10.9. The number of carboxylic acid groups (broad SMARTS) is 1. The van der Waals surface area contributed by atoms with Crippen LogP contribution in [0.3, 0.4) is 0 Å². The molecule has 0 heterocycles. The lowest BCUT2D eigenvalue weighted by Gasteiger charge is -2.12. The van der Waals surface area contributed by atoms with Gasteiger partial charge in [-0.1, -0.05) is 36.4 Å². The van der Waals surface area contributed by atoms with Gasteiger partial charge >= 0.3 is 5.97 Å². The molecule has 0 saturated carbocycles. The lowest BCUT2D eigenvalue weighted by molar-refractivity contribution is -0.138. The molecule has 0 radical (unpaired) electrons. The van der Waals surface area contributed by atoms with Gasteiger partial charge in [-0.15, -0.1) is 0 Å². The summed E-state index contributed by atoms with van der Waals surface area (Å²) < 4.78 is 13.5. The van der Waals surface area contributed by atoms with E-state index < -0.39 is 11.9 Å². The lowest BCUT2D eigenvalue weighted by atomic mass is 9.92. The minimum absolute atomic E-state index is 0.290. The molecule has 0 bridgehead atoms. The van der Waals surface area contributed by atoms with Crippen molar-refractivity contribution in [3.05, 3.63) is 59.9 Å². The van der Waals surface area contributed by atoms with Gasteiger partial charge in [0.15, 0.2) is 0 Å². The second-order valence-corrected chi connectivity index (χ2v) is 4.93. The Hall–Kier alpha value is -2.42. The summed E-state index contributed by atoms with van der Waals surface area (Å²) in [6.07, 6.45) is 0. The summed E-state index contributed by atoms with van der Waals surface area (Å²) in [6, 6.07) is 14.0. The lowest BCUT2D eigenvalue weighted by Crippen LogP contribution is -2.07. The fourth-order valence-corrected chi connectivity index (χ4v) is 2.59. The van der Waals surface area contributed by atoms with Crippen LogP contribution in [0, 0.1) is 5.82 Å². The van der Waals surface area contributed by atoms with Crippen molar-refractivity contribution in [1.29, 1.82) is 0 Å². The Labute approximate surface area is 115 Å². The second kappa shape index (κ2) is 4.60. The van der Waals surface area contributed by atoms with Gasteiger partial charge in [0.25, 0.3) is 0 Å². The van der Waals surface area contributed by atoms with E-state index in [4.69, 9.17) is 0 Å². The van der Waals surface area contributed by atoms with E-state index in [1.807, 2.05) is 30.3 Å². The minimum atomic E-state index is -0.864. The molecule has 1 N–H and O–H groups in total. The summed E-state index contributed by atoms with van der Waals surface area (Å²) in [6.45, 7) is 1.66. The van der Waals surface area contributed by atoms with Crippen LogP contribution in [0.1, 0.15) is 18.4 Å². The van der Waals surface area contributed by atoms with Crippen molar-refractivity contribution in [2.24, 2.45) is 0 Å². The Morgan fingerprint density at radius 1 is 1.05 bits per heavy atom. The number of hydrogen-bond donors (Lipinski definition) is 1. The summed E-state index contributed by atoms with van der Waals surface area (Å²) in [5.74, 6) is -1.75. The van der Waals surface area contributed by atoms with Gasteiger partial charge in [-0.05, 0) is 46.2 Å². The largest absolute Gasteiger partial charge is 0.481 e. The number of carboxylic acids is 1. The highest BCUT2D eigenvalue weighted by molar-refractivity contribution is 6.09. The number of carbonyl (C=O) groups is 1. The van der Waals surface area contributed by atoms with Crippen LogP contribution in [0.25, 0.3) is 21.5 Å². The first-order valence-corrected chi connectivity index (χ1v) is 6.41. The number of aliphatic carboxylic acids is 1. The van der Waals surface area contributed by atoms with E-state index in [1.165, 1.54) is 12.1 Å². The summed E-state index contributed by atoms with van der Waals surface area (Å²) in [7, 11) is 0. The van der Waals surface area contributed by atoms with E-state index in [0.717, 1.165) is 27.1 Å². The molecule has 0 amide bonds. The van der Waals surface area contributed by atoms with Crippen LogP contribution in [-0.4, -0.2) is 11.1 Å². The van der Waals surface area contributed by atoms with Crippen LogP contribution >= 0.6 is 0 Å². The van der Waals surface area contributed by atoms with Crippen LogP contribution in [0.5, 0.6) is 0 Å². The zero-order chi connectivity index (χ0) is 14.3.